The molecule has 0 radical (unpaired) electrons. The van der Waals surface area contributed by atoms with Crippen molar-refractivity contribution in [2.75, 3.05) is 54.1 Å². The molecule has 1 saturated heterocycles. The Kier molecular flexibility index (Phi) is 7.70. The second-order valence-electron chi connectivity index (χ2n) is 8.24. The van der Waals surface area contributed by atoms with Crippen LogP contribution in [0.15, 0.2) is 42.5 Å². The smallest absolute Gasteiger partial charge is 0.265 e. The number of piperazine rings is 1. The van der Waals surface area contributed by atoms with Crippen molar-refractivity contribution in [1.29, 1.82) is 0 Å². The van der Waals surface area contributed by atoms with E-state index >= 15 is 0 Å². The van der Waals surface area contributed by atoms with Crippen molar-refractivity contribution in [3.8, 4) is 27.8 Å². The van der Waals surface area contributed by atoms with Crippen LogP contribution in [-0.2, 0) is 6.42 Å². The van der Waals surface area contributed by atoms with Gasteiger partial charge in [-0.2, -0.15) is 0 Å². The Bertz CT molecular complexity index is 1120. The van der Waals surface area contributed by atoms with Crippen molar-refractivity contribution in [2.24, 2.45) is 0 Å². The van der Waals surface area contributed by atoms with Gasteiger partial charge in [-0.15, -0.1) is 11.3 Å². The lowest BCUT2D eigenvalue weighted by Crippen LogP contribution is -2.49. The number of aryl methyl sites for hydroxylation is 1. The zero-order valence-corrected chi connectivity index (χ0v) is 21.0. The van der Waals surface area contributed by atoms with Gasteiger partial charge in [-0.05, 0) is 49.2 Å². The zero-order chi connectivity index (χ0) is 24.1. The normalized spacial score (nSPS) is 14.2. The Labute approximate surface area is 204 Å². The Morgan fingerprint density at radius 1 is 0.941 bits per heavy atom. The fourth-order valence-corrected chi connectivity index (χ4v) is 5.12. The third-order valence-corrected chi connectivity index (χ3v) is 7.35. The first kappa shape index (κ1) is 24.0. The molecule has 3 aromatic rings. The van der Waals surface area contributed by atoms with Gasteiger partial charge in [0.25, 0.3) is 5.91 Å². The minimum Gasteiger partial charge on any atom is -0.497 e. The average Bonchev–Trinajstić information content (AvgIpc) is 3.28. The van der Waals surface area contributed by atoms with Gasteiger partial charge in [-0.1, -0.05) is 12.1 Å². The third kappa shape index (κ3) is 5.34. The molecule has 1 amide bonds. The van der Waals surface area contributed by atoms with Gasteiger partial charge in [0, 0.05) is 38.3 Å². The highest BCUT2D eigenvalue weighted by molar-refractivity contribution is 7.17. The first-order valence-corrected chi connectivity index (χ1v) is 12.2. The summed E-state index contributed by atoms with van der Waals surface area (Å²) >= 11 is 1.44. The molecule has 1 aliphatic heterocycles. The van der Waals surface area contributed by atoms with Crippen LogP contribution in [0.4, 0.5) is 0 Å². The number of methoxy groups -OCH3 is 3. The second kappa shape index (κ2) is 10.9. The predicted molar refractivity (Wildman–Crippen MR) is 134 cm³/mol. The number of hydrogen-bond acceptors (Lipinski definition) is 7. The number of hydrogen-bond donors (Lipinski definition) is 0. The maximum absolute atomic E-state index is 13.3. The molecule has 2 aromatic carbocycles. The number of ether oxygens (including phenoxy) is 3. The third-order valence-electron chi connectivity index (χ3n) is 6.16. The fourth-order valence-electron chi connectivity index (χ4n) is 4.09. The highest BCUT2D eigenvalue weighted by Crippen LogP contribution is 2.35. The van der Waals surface area contributed by atoms with Crippen molar-refractivity contribution in [1.82, 2.24) is 14.8 Å². The molecule has 180 valence electrons. The van der Waals surface area contributed by atoms with E-state index in [1.807, 2.05) is 42.2 Å². The summed E-state index contributed by atoms with van der Waals surface area (Å²) in [5.74, 6) is 2.26. The van der Waals surface area contributed by atoms with E-state index in [2.05, 4.69) is 22.0 Å². The molecule has 1 fully saturated rings. The SMILES string of the molecule is COc1ccc(CCN2CCN(C(=O)c3sc(-c4ccc(OC)c(OC)c4)nc3C)CC2)cc1. The monoisotopic (exact) mass is 481 g/mol. The zero-order valence-electron chi connectivity index (χ0n) is 20.2. The number of amides is 1. The van der Waals surface area contributed by atoms with Crippen molar-refractivity contribution < 1.29 is 19.0 Å². The Morgan fingerprint density at radius 2 is 1.65 bits per heavy atom. The Balaban J connectivity index is 1.35. The predicted octanol–water partition coefficient (Wildman–Crippen LogP) is 4.14. The topological polar surface area (TPSA) is 64.1 Å². The minimum atomic E-state index is 0.0662. The summed E-state index contributed by atoms with van der Waals surface area (Å²) < 4.78 is 16.0. The summed E-state index contributed by atoms with van der Waals surface area (Å²) in [7, 11) is 4.90. The number of thiazole rings is 1. The standard InChI is InChI=1S/C26H31N3O4S/c1-18-24(34-25(27-18)20-7-10-22(32-3)23(17-20)33-4)26(30)29-15-13-28(14-16-29)12-11-19-5-8-21(31-2)9-6-19/h5-10,17H,11-16H2,1-4H3. The number of rotatable bonds is 8. The van der Waals surface area contributed by atoms with E-state index in [0.29, 0.717) is 16.4 Å². The number of benzene rings is 2. The van der Waals surface area contributed by atoms with E-state index in [4.69, 9.17) is 14.2 Å². The fraction of sp³-hybridized carbons (Fsp3) is 0.385. The number of carbonyl (C=O) groups is 1. The van der Waals surface area contributed by atoms with E-state index in [0.717, 1.165) is 61.2 Å². The van der Waals surface area contributed by atoms with Gasteiger partial charge in [0.1, 0.15) is 15.6 Å². The number of carbonyl (C=O) groups excluding carboxylic acids is 1. The summed E-state index contributed by atoms with van der Waals surface area (Å²) in [4.78, 5) is 23.0. The second-order valence-corrected chi connectivity index (χ2v) is 9.23. The van der Waals surface area contributed by atoms with Crippen LogP contribution < -0.4 is 14.2 Å². The summed E-state index contributed by atoms with van der Waals surface area (Å²) in [6, 6.07) is 13.9. The molecule has 0 saturated carbocycles. The summed E-state index contributed by atoms with van der Waals surface area (Å²) in [6.07, 6.45) is 0.987. The molecule has 34 heavy (non-hydrogen) atoms. The molecule has 0 aliphatic carbocycles. The maximum Gasteiger partial charge on any atom is 0.265 e. The van der Waals surface area contributed by atoms with Gasteiger partial charge in [0.15, 0.2) is 11.5 Å². The number of nitrogens with zero attached hydrogens (tertiary/aromatic N) is 3. The van der Waals surface area contributed by atoms with Crippen LogP contribution in [0, 0.1) is 6.92 Å². The Hall–Kier alpha value is -3.10. The molecule has 1 aliphatic rings. The Morgan fingerprint density at radius 3 is 2.29 bits per heavy atom. The van der Waals surface area contributed by atoms with Crippen molar-refractivity contribution >= 4 is 17.2 Å². The van der Waals surface area contributed by atoms with Gasteiger partial charge in [0.2, 0.25) is 0 Å². The molecule has 0 N–H and O–H groups in total. The molecule has 8 heteroatoms. The highest BCUT2D eigenvalue weighted by Gasteiger charge is 2.26. The lowest BCUT2D eigenvalue weighted by molar-refractivity contribution is 0.0642. The summed E-state index contributed by atoms with van der Waals surface area (Å²) in [5.41, 5.74) is 2.97. The van der Waals surface area contributed by atoms with Crippen molar-refractivity contribution in [2.45, 2.75) is 13.3 Å². The number of aromatic nitrogens is 1. The van der Waals surface area contributed by atoms with Crippen LogP contribution >= 0.6 is 11.3 Å². The molecule has 0 unspecified atom stereocenters. The average molecular weight is 482 g/mol. The lowest BCUT2D eigenvalue weighted by atomic mass is 10.1. The molecule has 7 nitrogen and oxygen atoms in total. The quantitative estimate of drug-likeness (QED) is 0.482. The van der Waals surface area contributed by atoms with Gasteiger partial charge in [-0.3, -0.25) is 9.69 Å². The van der Waals surface area contributed by atoms with Crippen LogP contribution in [0.5, 0.6) is 17.2 Å². The van der Waals surface area contributed by atoms with E-state index < -0.39 is 0 Å². The summed E-state index contributed by atoms with van der Waals surface area (Å²) in [5, 5.41) is 0.805. The van der Waals surface area contributed by atoms with E-state index in [1.54, 1.807) is 21.3 Å². The molecular formula is C26H31N3O4S. The van der Waals surface area contributed by atoms with Crippen LogP contribution in [0.2, 0.25) is 0 Å². The first-order valence-electron chi connectivity index (χ1n) is 11.4. The van der Waals surface area contributed by atoms with Gasteiger partial charge < -0.3 is 19.1 Å². The molecule has 0 spiro atoms. The van der Waals surface area contributed by atoms with Crippen LogP contribution in [0.25, 0.3) is 10.6 Å². The van der Waals surface area contributed by atoms with Crippen LogP contribution in [0.3, 0.4) is 0 Å². The van der Waals surface area contributed by atoms with Crippen molar-refractivity contribution in [3.05, 3.63) is 58.6 Å². The largest absolute Gasteiger partial charge is 0.497 e. The molecule has 0 bridgehead atoms. The van der Waals surface area contributed by atoms with Crippen LogP contribution in [0.1, 0.15) is 20.9 Å². The molecule has 1 aromatic heterocycles. The van der Waals surface area contributed by atoms with Crippen molar-refractivity contribution in [3.63, 3.8) is 0 Å². The maximum atomic E-state index is 13.3. The lowest BCUT2D eigenvalue weighted by Gasteiger charge is -2.34. The summed E-state index contributed by atoms with van der Waals surface area (Å²) in [6.45, 7) is 6.09. The van der Waals surface area contributed by atoms with Gasteiger partial charge in [0.05, 0.1) is 27.0 Å². The minimum absolute atomic E-state index is 0.0662. The van der Waals surface area contributed by atoms with E-state index in [-0.39, 0.29) is 5.91 Å². The van der Waals surface area contributed by atoms with E-state index in [9.17, 15) is 4.79 Å². The van der Waals surface area contributed by atoms with Gasteiger partial charge >= 0.3 is 0 Å². The van der Waals surface area contributed by atoms with Gasteiger partial charge in [-0.25, -0.2) is 4.98 Å². The van der Waals surface area contributed by atoms with Crippen LogP contribution in [-0.4, -0.2) is 74.7 Å². The molecule has 0 atom stereocenters. The highest BCUT2D eigenvalue weighted by atomic mass is 32.1. The first-order chi connectivity index (χ1) is 16.5. The molecule has 2 heterocycles. The molecule has 4 rings (SSSR count). The van der Waals surface area contributed by atoms with E-state index in [1.165, 1.54) is 16.9 Å². The molecular weight excluding hydrogens is 450 g/mol.